The lowest BCUT2D eigenvalue weighted by Crippen LogP contribution is -2.49. The zero-order chi connectivity index (χ0) is 14.0. The smallest absolute Gasteiger partial charge is 0.306 e. The van der Waals surface area contributed by atoms with Crippen molar-refractivity contribution in [3.63, 3.8) is 0 Å². The first-order valence-corrected chi connectivity index (χ1v) is 7.17. The molecule has 2 fully saturated rings. The zero-order valence-electron chi connectivity index (χ0n) is 11.8. The standard InChI is InChI=1S/C14H24N2O3/c1-15(2)12-4-3-7-16(9-12)13(17)10-5-6-11(8-10)14(18)19/h10-12H,3-9H2,1-2H3,(H,18,19). The number of carbonyl (C=O) groups is 2. The normalized spacial score (nSPS) is 31.7. The molecule has 19 heavy (non-hydrogen) atoms. The van der Waals surface area contributed by atoms with E-state index in [1.165, 1.54) is 0 Å². The van der Waals surface area contributed by atoms with Gasteiger partial charge in [0, 0.05) is 25.0 Å². The summed E-state index contributed by atoms with van der Waals surface area (Å²) in [6.45, 7) is 1.62. The van der Waals surface area contributed by atoms with Gasteiger partial charge in [0.2, 0.25) is 5.91 Å². The van der Waals surface area contributed by atoms with Crippen LogP contribution in [0.25, 0.3) is 0 Å². The molecule has 1 heterocycles. The van der Waals surface area contributed by atoms with Crippen molar-refractivity contribution in [2.75, 3.05) is 27.2 Å². The van der Waals surface area contributed by atoms with Crippen molar-refractivity contribution >= 4 is 11.9 Å². The summed E-state index contributed by atoms with van der Waals surface area (Å²) in [6.07, 6.45) is 4.09. The van der Waals surface area contributed by atoms with Crippen molar-refractivity contribution < 1.29 is 14.7 Å². The lowest BCUT2D eigenvalue weighted by molar-refractivity contribution is -0.142. The van der Waals surface area contributed by atoms with Crippen LogP contribution in [0.2, 0.25) is 0 Å². The Hall–Kier alpha value is -1.10. The third-order valence-corrected chi connectivity index (χ3v) is 4.57. The Morgan fingerprint density at radius 1 is 1.16 bits per heavy atom. The summed E-state index contributed by atoms with van der Waals surface area (Å²) in [5.74, 6) is -0.958. The molecule has 0 aromatic rings. The second-order valence-electron chi connectivity index (χ2n) is 6.09. The molecule has 1 aliphatic carbocycles. The monoisotopic (exact) mass is 268 g/mol. The molecule has 0 radical (unpaired) electrons. The highest BCUT2D eigenvalue weighted by molar-refractivity contribution is 5.81. The van der Waals surface area contributed by atoms with Gasteiger partial charge in [-0.2, -0.15) is 0 Å². The Balaban J connectivity index is 1.91. The summed E-state index contributed by atoms with van der Waals surface area (Å²) >= 11 is 0. The van der Waals surface area contributed by atoms with Gasteiger partial charge in [0.1, 0.15) is 0 Å². The average molecular weight is 268 g/mol. The van der Waals surface area contributed by atoms with Gasteiger partial charge in [-0.15, -0.1) is 0 Å². The third-order valence-electron chi connectivity index (χ3n) is 4.57. The second-order valence-corrected chi connectivity index (χ2v) is 6.09. The van der Waals surface area contributed by atoms with E-state index < -0.39 is 5.97 Å². The first-order valence-electron chi connectivity index (χ1n) is 7.17. The quantitative estimate of drug-likeness (QED) is 0.831. The second kappa shape index (κ2) is 5.90. The summed E-state index contributed by atoms with van der Waals surface area (Å²) in [6, 6.07) is 0.439. The van der Waals surface area contributed by atoms with Crippen LogP contribution in [-0.2, 0) is 9.59 Å². The van der Waals surface area contributed by atoms with E-state index in [0.717, 1.165) is 32.4 Å². The minimum atomic E-state index is -0.750. The van der Waals surface area contributed by atoms with Crippen LogP contribution in [0.3, 0.4) is 0 Å². The van der Waals surface area contributed by atoms with Crippen LogP contribution in [0.15, 0.2) is 0 Å². The van der Waals surface area contributed by atoms with Crippen LogP contribution >= 0.6 is 0 Å². The summed E-state index contributed by atoms with van der Waals surface area (Å²) in [5.41, 5.74) is 0. The Morgan fingerprint density at radius 2 is 1.84 bits per heavy atom. The van der Waals surface area contributed by atoms with Crippen LogP contribution in [0, 0.1) is 11.8 Å². The largest absolute Gasteiger partial charge is 0.481 e. The number of aliphatic carboxylic acids is 1. The fourth-order valence-corrected chi connectivity index (χ4v) is 3.26. The van der Waals surface area contributed by atoms with Crippen LogP contribution in [0.4, 0.5) is 0 Å². The number of likely N-dealkylation sites (N-methyl/N-ethyl adjacent to an activating group) is 1. The Kier molecular flexibility index (Phi) is 4.45. The third kappa shape index (κ3) is 3.26. The van der Waals surface area contributed by atoms with Gasteiger partial charge in [-0.1, -0.05) is 0 Å². The molecule has 1 saturated carbocycles. The molecule has 3 unspecified atom stereocenters. The highest BCUT2D eigenvalue weighted by Gasteiger charge is 2.37. The van der Waals surface area contributed by atoms with Gasteiger partial charge >= 0.3 is 5.97 Å². The van der Waals surface area contributed by atoms with Gasteiger partial charge in [-0.25, -0.2) is 0 Å². The van der Waals surface area contributed by atoms with Crippen LogP contribution in [0.5, 0.6) is 0 Å². The number of carbonyl (C=O) groups excluding carboxylic acids is 1. The van der Waals surface area contributed by atoms with E-state index >= 15 is 0 Å². The van der Waals surface area contributed by atoms with Gasteiger partial charge in [0.25, 0.3) is 0 Å². The van der Waals surface area contributed by atoms with Crippen LogP contribution in [-0.4, -0.2) is 60.0 Å². The molecule has 1 aliphatic heterocycles. The Bertz CT molecular complexity index is 357. The fraction of sp³-hybridized carbons (Fsp3) is 0.857. The van der Waals surface area contributed by atoms with Gasteiger partial charge in [0.05, 0.1) is 5.92 Å². The number of piperidine rings is 1. The minimum Gasteiger partial charge on any atom is -0.481 e. The summed E-state index contributed by atoms with van der Waals surface area (Å²) in [4.78, 5) is 27.5. The molecule has 5 nitrogen and oxygen atoms in total. The number of rotatable bonds is 3. The van der Waals surface area contributed by atoms with E-state index in [-0.39, 0.29) is 17.7 Å². The van der Waals surface area contributed by atoms with Crippen molar-refractivity contribution in [1.29, 1.82) is 0 Å². The number of carboxylic acid groups (broad SMARTS) is 1. The number of carboxylic acids is 1. The Labute approximate surface area is 114 Å². The molecule has 1 amide bonds. The maximum absolute atomic E-state index is 12.5. The molecule has 0 aromatic carbocycles. The maximum atomic E-state index is 12.5. The van der Waals surface area contributed by atoms with E-state index in [2.05, 4.69) is 19.0 Å². The van der Waals surface area contributed by atoms with Gasteiger partial charge in [0.15, 0.2) is 0 Å². The van der Waals surface area contributed by atoms with Crippen LogP contribution in [0.1, 0.15) is 32.1 Å². The lowest BCUT2D eigenvalue weighted by Gasteiger charge is -2.37. The summed E-state index contributed by atoms with van der Waals surface area (Å²) < 4.78 is 0. The zero-order valence-corrected chi connectivity index (χ0v) is 11.8. The predicted molar refractivity (Wildman–Crippen MR) is 71.8 cm³/mol. The minimum absolute atomic E-state index is 0.0676. The first-order chi connectivity index (χ1) is 8.99. The highest BCUT2D eigenvalue weighted by atomic mass is 16.4. The van der Waals surface area contributed by atoms with Crippen molar-refractivity contribution in [3.05, 3.63) is 0 Å². The molecular formula is C14H24N2O3. The van der Waals surface area contributed by atoms with Crippen molar-refractivity contribution in [2.24, 2.45) is 11.8 Å². The van der Waals surface area contributed by atoms with Crippen LogP contribution < -0.4 is 0 Å². The number of hydrogen-bond acceptors (Lipinski definition) is 3. The van der Waals surface area contributed by atoms with E-state index in [1.54, 1.807) is 0 Å². The Morgan fingerprint density at radius 3 is 2.42 bits per heavy atom. The number of hydrogen-bond donors (Lipinski definition) is 1. The fourth-order valence-electron chi connectivity index (χ4n) is 3.26. The molecule has 2 aliphatic rings. The molecular weight excluding hydrogens is 244 g/mol. The highest BCUT2D eigenvalue weighted by Crippen LogP contribution is 2.33. The van der Waals surface area contributed by atoms with E-state index in [0.29, 0.717) is 18.9 Å². The SMILES string of the molecule is CN(C)C1CCCN(C(=O)C2CCC(C(=O)O)C2)C1. The predicted octanol–water partition coefficient (Wildman–Crippen LogP) is 1.04. The summed E-state index contributed by atoms with van der Waals surface area (Å²) in [7, 11) is 4.10. The van der Waals surface area contributed by atoms with E-state index in [9.17, 15) is 9.59 Å². The molecule has 1 N–H and O–H groups in total. The topological polar surface area (TPSA) is 60.9 Å². The maximum Gasteiger partial charge on any atom is 0.306 e. The molecule has 0 spiro atoms. The van der Waals surface area contributed by atoms with E-state index in [1.807, 2.05) is 4.90 Å². The number of amides is 1. The van der Waals surface area contributed by atoms with Gasteiger partial charge in [-0.05, 0) is 46.2 Å². The van der Waals surface area contributed by atoms with Crippen molar-refractivity contribution in [1.82, 2.24) is 9.80 Å². The molecule has 2 rings (SSSR count). The van der Waals surface area contributed by atoms with Gasteiger partial charge in [-0.3, -0.25) is 9.59 Å². The molecule has 1 saturated heterocycles. The summed E-state index contributed by atoms with van der Waals surface area (Å²) in [5, 5.41) is 9.01. The molecule has 0 aromatic heterocycles. The van der Waals surface area contributed by atoms with Crippen molar-refractivity contribution in [2.45, 2.75) is 38.1 Å². The molecule has 3 atom stereocenters. The molecule has 0 bridgehead atoms. The average Bonchev–Trinajstić information content (AvgIpc) is 2.87. The first kappa shape index (κ1) is 14.3. The molecule has 5 heteroatoms. The van der Waals surface area contributed by atoms with E-state index in [4.69, 9.17) is 5.11 Å². The van der Waals surface area contributed by atoms with Gasteiger partial charge < -0.3 is 14.9 Å². The van der Waals surface area contributed by atoms with Crippen molar-refractivity contribution in [3.8, 4) is 0 Å². The number of likely N-dealkylation sites (tertiary alicyclic amines) is 1. The number of nitrogens with zero attached hydrogens (tertiary/aromatic N) is 2. The molecule has 108 valence electrons. The lowest BCUT2D eigenvalue weighted by atomic mass is 10.00.